The van der Waals surface area contributed by atoms with Crippen LogP contribution in [0.4, 0.5) is 0 Å². The first kappa shape index (κ1) is 15.8. The third kappa shape index (κ3) is 3.64. The van der Waals surface area contributed by atoms with Crippen molar-refractivity contribution in [2.45, 2.75) is 51.3 Å². The minimum Gasteiger partial charge on any atom is -0.408 e. The Balaban J connectivity index is 1.51. The number of aromatic nitrogens is 1. The fourth-order valence-corrected chi connectivity index (χ4v) is 3.04. The van der Waals surface area contributed by atoms with Crippen molar-refractivity contribution in [2.75, 3.05) is 6.61 Å². The predicted molar refractivity (Wildman–Crippen MR) is 86.3 cm³/mol. The van der Waals surface area contributed by atoms with E-state index >= 15 is 0 Å². The Kier molecular flexibility index (Phi) is 4.81. The second-order valence-electron chi connectivity index (χ2n) is 6.00. The Hall–Kier alpha value is -2.08. The molecule has 2 heterocycles. The molecular formula is C17H22N2O4. The maximum atomic E-state index is 12.0. The molecule has 0 saturated carbocycles. The first-order valence-electron chi connectivity index (χ1n) is 8.14. The fraction of sp³-hybridized carbons (Fsp3) is 0.529. The normalized spacial score (nSPS) is 19.1. The summed E-state index contributed by atoms with van der Waals surface area (Å²) in [7, 11) is 0. The van der Waals surface area contributed by atoms with Gasteiger partial charge in [-0.1, -0.05) is 12.1 Å². The van der Waals surface area contributed by atoms with Crippen molar-refractivity contribution in [3.8, 4) is 0 Å². The molecule has 1 amide bonds. The van der Waals surface area contributed by atoms with E-state index in [0.717, 1.165) is 25.0 Å². The van der Waals surface area contributed by atoms with Crippen LogP contribution in [0.1, 0.15) is 32.6 Å². The lowest BCUT2D eigenvalue weighted by atomic mass is 10.1. The number of para-hydroxylation sites is 2. The number of oxazole rings is 1. The number of amides is 1. The summed E-state index contributed by atoms with van der Waals surface area (Å²) in [6, 6.07) is 7.34. The summed E-state index contributed by atoms with van der Waals surface area (Å²) in [6.07, 6.45) is 3.15. The number of carbonyl (C=O) groups is 1. The van der Waals surface area contributed by atoms with Gasteiger partial charge in [-0.25, -0.2) is 4.79 Å². The third-order valence-electron chi connectivity index (χ3n) is 4.27. The molecule has 1 aromatic carbocycles. The van der Waals surface area contributed by atoms with Crippen LogP contribution in [0.2, 0.25) is 0 Å². The molecule has 23 heavy (non-hydrogen) atoms. The maximum Gasteiger partial charge on any atom is 0.419 e. The molecule has 0 unspecified atom stereocenters. The highest BCUT2D eigenvalue weighted by Gasteiger charge is 2.23. The minimum absolute atomic E-state index is 0.00569. The molecule has 0 bridgehead atoms. The van der Waals surface area contributed by atoms with Crippen LogP contribution in [-0.2, 0) is 16.1 Å². The number of rotatable bonds is 6. The number of nitrogens with one attached hydrogen (secondary N) is 1. The molecule has 1 fully saturated rings. The largest absolute Gasteiger partial charge is 0.419 e. The first-order valence-corrected chi connectivity index (χ1v) is 8.14. The van der Waals surface area contributed by atoms with Crippen molar-refractivity contribution in [1.82, 2.24) is 9.88 Å². The zero-order chi connectivity index (χ0) is 16.2. The van der Waals surface area contributed by atoms with E-state index in [1.165, 1.54) is 0 Å². The Morgan fingerprint density at radius 1 is 1.43 bits per heavy atom. The van der Waals surface area contributed by atoms with Crippen LogP contribution in [-0.4, -0.2) is 29.2 Å². The van der Waals surface area contributed by atoms with Crippen molar-refractivity contribution in [2.24, 2.45) is 0 Å². The highest BCUT2D eigenvalue weighted by molar-refractivity contribution is 5.76. The second kappa shape index (κ2) is 7.00. The molecular weight excluding hydrogens is 296 g/mol. The van der Waals surface area contributed by atoms with Gasteiger partial charge >= 0.3 is 5.76 Å². The molecule has 1 aromatic heterocycles. The third-order valence-corrected chi connectivity index (χ3v) is 4.27. The topological polar surface area (TPSA) is 73.5 Å². The Bertz CT molecular complexity index is 728. The molecule has 6 heteroatoms. The van der Waals surface area contributed by atoms with E-state index in [1.54, 1.807) is 10.6 Å². The van der Waals surface area contributed by atoms with E-state index in [-0.39, 0.29) is 23.8 Å². The summed E-state index contributed by atoms with van der Waals surface area (Å²) in [6.45, 7) is 3.22. The standard InChI is InChI=1S/C17H22N2O4/c1-12(14-8-5-11-22-14)18-16(20)9-4-10-19-13-6-2-3-7-15(13)23-17(19)21/h2-3,6-7,12,14H,4-5,8-11H2,1H3,(H,18,20)/t12-,14-/m1/s1. The van der Waals surface area contributed by atoms with Gasteiger partial charge in [-0.05, 0) is 38.3 Å². The number of aryl methyl sites for hydroxylation is 1. The number of hydrogen-bond donors (Lipinski definition) is 1. The van der Waals surface area contributed by atoms with E-state index < -0.39 is 0 Å². The smallest absolute Gasteiger partial charge is 0.408 e. The van der Waals surface area contributed by atoms with Gasteiger partial charge in [-0.3, -0.25) is 9.36 Å². The zero-order valence-electron chi connectivity index (χ0n) is 13.3. The van der Waals surface area contributed by atoms with Gasteiger partial charge < -0.3 is 14.5 Å². The summed E-state index contributed by atoms with van der Waals surface area (Å²) in [4.78, 5) is 23.9. The summed E-state index contributed by atoms with van der Waals surface area (Å²) >= 11 is 0. The lowest BCUT2D eigenvalue weighted by molar-refractivity contribution is -0.122. The highest BCUT2D eigenvalue weighted by atomic mass is 16.5. The minimum atomic E-state index is -0.376. The summed E-state index contributed by atoms with van der Waals surface area (Å²) in [5.41, 5.74) is 1.35. The Morgan fingerprint density at radius 2 is 2.26 bits per heavy atom. The zero-order valence-corrected chi connectivity index (χ0v) is 13.3. The van der Waals surface area contributed by atoms with Gasteiger partial charge in [0.1, 0.15) is 0 Å². The molecule has 1 aliphatic rings. The fourth-order valence-electron chi connectivity index (χ4n) is 3.04. The molecule has 2 atom stereocenters. The number of nitrogens with zero attached hydrogens (tertiary/aromatic N) is 1. The number of hydrogen-bond acceptors (Lipinski definition) is 4. The SMILES string of the molecule is C[C@@H](NC(=O)CCCn1c(=O)oc2ccccc21)[C@H]1CCCO1. The van der Waals surface area contributed by atoms with Crippen LogP contribution >= 0.6 is 0 Å². The van der Waals surface area contributed by atoms with Gasteiger partial charge in [0.25, 0.3) is 0 Å². The number of fused-ring (bicyclic) bond motifs is 1. The average molecular weight is 318 g/mol. The maximum absolute atomic E-state index is 12.0. The van der Waals surface area contributed by atoms with Crippen LogP contribution < -0.4 is 11.1 Å². The Morgan fingerprint density at radius 3 is 3.04 bits per heavy atom. The molecule has 0 aliphatic carbocycles. The second-order valence-corrected chi connectivity index (χ2v) is 6.00. The van der Waals surface area contributed by atoms with Gasteiger partial charge in [0.15, 0.2) is 5.58 Å². The average Bonchev–Trinajstić information content (AvgIpc) is 3.16. The number of benzene rings is 1. The highest BCUT2D eigenvalue weighted by Crippen LogP contribution is 2.16. The lowest BCUT2D eigenvalue weighted by Crippen LogP contribution is -2.40. The van der Waals surface area contributed by atoms with Gasteiger partial charge in [-0.2, -0.15) is 0 Å². The van der Waals surface area contributed by atoms with Crippen LogP contribution in [0.15, 0.2) is 33.5 Å². The molecule has 1 saturated heterocycles. The molecule has 3 rings (SSSR count). The van der Waals surface area contributed by atoms with Crippen molar-refractivity contribution in [3.63, 3.8) is 0 Å². The first-order chi connectivity index (χ1) is 11.1. The monoisotopic (exact) mass is 318 g/mol. The van der Waals surface area contributed by atoms with Gasteiger partial charge in [0.05, 0.1) is 17.7 Å². The van der Waals surface area contributed by atoms with Crippen molar-refractivity contribution in [1.29, 1.82) is 0 Å². The number of ether oxygens (including phenoxy) is 1. The predicted octanol–water partition coefficient (Wildman–Crippen LogP) is 2.06. The molecule has 0 radical (unpaired) electrons. The Labute approximate surface area is 134 Å². The summed E-state index contributed by atoms with van der Waals surface area (Å²) in [5.74, 6) is -0.381. The van der Waals surface area contributed by atoms with E-state index in [2.05, 4.69) is 5.32 Å². The van der Waals surface area contributed by atoms with Crippen molar-refractivity contribution >= 4 is 17.0 Å². The summed E-state index contributed by atoms with van der Waals surface area (Å²) < 4.78 is 12.3. The number of carbonyl (C=O) groups excluding carboxylic acids is 1. The quantitative estimate of drug-likeness (QED) is 0.885. The molecule has 124 valence electrons. The van der Waals surface area contributed by atoms with Crippen LogP contribution in [0.5, 0.6) is 0 Å². The van der Waals surface area contributed by atoms with Crippen molar-refractivity contribution < 1.29 is 13.9 Å². The molecule has 0 spiro atoms. The van der Waals surface area contributed by atoms with E-state index in [1.807, 2.05) is 25.1 Å². The molecule has 2 aromatic rings. The van der Waals surface area contributed by atoms with Crippen molar-refractivity contribution in [3.05, 3.63) is 34.8 Å². The molecule has 1 N–H and O–H groups in total. The van der Waals surface area contributed by atoms with Gasteiger partial charge in [0.2, 0.25) is 5.91 Å². The molecule has 6 nitrogen and oxygen atoms in total. The van der Waals surface area contributed by atoms with Crippen LogP contribution in [0.3, 0.4) is 0 Å². The van der Waals surface area contributed by atoms with E-state index in [4.69, 9.17) is 9.15 Å². The summed E-state index contributed by atoms with van der Waals surface area (Å²) in [5, 5.41) is 2.98. The van der Waals surface area contributed by atoms with Gasteiger partial charge in [-0.15, -0.1) is 0 Å². The van der Waals surface area contributed by atoms with Crippen LogP contribution in [0.25, 0.3) is 11.1 Å². The van der Waals surface area contributed by atoms with Gasteiger partial charge in [0, 0.05) is 19.6 Å². The lowest BCUT2D eigenvalue weighted by Gasteiger charge is -2.19. The molecule has 1 aliphatic heterocycles. The van der Waals surface area contributed by atoms with E-state index in [9.17, 15) is 9.59 Å². The van der Waals surface area contributed by atoms with E-state index in [0.29, 0.717) is 25.0 Å². The van der Waals surface area contributed by atoms with Crippen LogP contribution in [0, 0.1) is 0 Å².